The zero-order valence-corrected chi connectivity index (χ0v) is 6.75. The first-order valence-corrected chi connectivity index (χ1v) is 3.80. The summed E-state index contributed by atoms with van der Waals surface area (Å²) in [6, 6.07) is 5.51. The van der Waals surface area contributed by atoms with Crippen LogP contribution in [0.3, 0.4) is 0 Å². The van der Waals surface area contributed by atoms with Crippen LogP contribution in [-0.4, -0.2) is 14.3 Å². The minimum absolute atomic E-state index is 0.221. The summed E-state index contributed by atoms with van der Waals surface area (Å²) in [6.07, 6.45) is 3.48. The van der Waals surface area contributed by atoms with E-state index in [4.69, 9.17) is 0 Å². The summed E-state index contributed by atoms with van der Waals surface area (Å²) in [5, 5.41) is 10.2. The maximum Gasteiger partial charge on any atom is 0.247 e. The molecule has 0 amide bonds. The molecule has 0 saturated heterocycles. The summed E-state index contributed by atoms with van der Waals surface area (Å²) in [6.45, 7) is -0.221. The lowest BCUT2D eigenvalue weighted by Crippen LogP contribution is -1.97. The van der Waals surface area contributed by atoms with Gasteiger partial charge in [0.1, 0.15) is 11.3 Å². The van der Waals surface area contributed by atoms with Gasteiger partial charge in [-0.2, -0.15) is 0 Å². The van der Waals surface area contributed by atoms with Crippen LogP contribution in [0.25, 0.3) is 5.65 Å². The smallest absolute Gasteiger partial charge is 0.247 e. The summed E-state index contributed by atoms with van der Waals surface area (Å²) in [5.41, 5.74) is 1.22. The van der Waals surface area contributed by atoms with Crippen molar-refractivity contribution in [3.05, 3.63) is 46.4 Å². The Morgan fingerprint density at radius 1 is 1.54 bits per heavy atom. The quantitative estimate of drug-likeness (QED) is 0.510. The molecule has 0 unspecified atom stereocenters. The third kappa shape index (κ3) is 1.48. The maximum absolute atomic E-state index is 10.2. The molecule has 0 aliphatic carbocycles. The fraction of sp³-hybridized carbons (Fsp3) is 0.125. The predicted octanol–water partition coefficient (Wildman–Crippen LogP) is 1.11. The Morgan fingerprint density at radius 2 is 2.38 bits per heavy atom. The zero-order valence-electron chi connectivity index (χ0n) is 6.75. The standard InChI is InChI=1S/C8H7N3O2/c12-11(13)6-7-5-10-4-2-1-3-8(10)9-7/h1-5H,6H2. The number of pyridine rings is 1. The number of nitro groups is 1. The van der Waals surface area contributed by atoms with E-state index in [1.54, 1.807) is 10.6 Å². The Balaban J connectivity index is 2.44. The van der Waals surface area contributed by atoms with Crippen LogP contribution in [0.15, 0.2) is 30.6 Å². The lowest BCUT2D eigenvalue weighted by Gasteiger charge is -1.86. The monoisotopic (exact) mass is 177 g/mol. The van der Waals surface area contributed by atoms with Gasteiger partial charge in [-0.1, -0.05) is 6.07 Å². The molecule has 5 heteroatoms. The second-order valence-corrected chi connectivity index (χ2v) is 2.69. The van der Waals surface area contributed by atoms with E-state index in [0.29, 0.717) is 5.69 Å². The molecule has 0 aromatic carbocycles. The molecule has 0 aliphatic rings. The zero-order chi connectivity index (χ0) is 9.26. The van der Waals surface area contributed by atoms with Gasteiger partial charge in [0.05, 0.1) is 0 Å². The maximum atomic E-state index is 10.2. The van der Waals surface area contributed by atoms with Crippen molar-refractivity contribution in [2.45, 2.75) is 6.54 Å². The summed E-state index contributed by atoms with van der Waals surface area (Å²) < 4.78 is 1.76. The molecule has 0 bridgehead atoms. The van der Waals surface area contributed by atoms with E-state index in [2.05, 4.69) is 4.98 Å². The second-order valence-electron chi connectivity index (χ2n) is 2.69. The van der Waals surface area contributed by atoms with Crippen molar-refractivity contribution in [2.24, 2.45) is 0 Å². The largest absolute Gasteiger partial charge is 0.307 e. The minimum Gasteiger partial charge on any atom is -0.307 e. The third-order valence-corrected chi connectivity index (χ3v) is 1.70. The Morgan fingerprint density at radius 3 is 3.08 bits per heavy atom. The summed E-state index contributed by atoms with van der Waals surface area (Å²) in [4.78, 5) is 13.9. The highest BCUT2D eigenvalue weighted by molar-refractivity contribution is 5.39. The van der Waals surface area contributed by atoms with Crippen LogP contribution < -0.4 is 0 Å². The molecular formula is C8H7N3O2. The van der Waals surface area contributed by atoms with Gasteiger partial charge in [0.15, 0.2) is 0 Å². The number of hydrogen-bond donors (Lipinski definition) is 0. The van der Waals surface area contributed by atoms with Crippen LogP contribution in [-0.2, 0) is 6.54 Å². The number of hydrogen-bond acceptors (Lipinski definition) is 3. The SMILES string of the molecule is O=[N+]([O-])Cc1cn2ccccc2n1. The first kappa shape index (κ1) is 7.72. The van der Waals surface area contributed by atoms with E-state index in [-0.39, 0.29) is 11.5 Å². The van der Waals surface area contributed by atoms with Crippen LogP contribution in [0.4, 0.5) is 0 Å². The molecule has 0 N–H and O–H groups in total. The number of imidazole rings is 1. The lowest BCUT2D eigenvalue weighted by atomic mass is 10.5. The third-order valence-electron chi connectivity index (χ3n) is 1.70. The van der Waals surface area contributed by atoms with Gasteiger partial charge in [0.25, 0.3) is 0 Å². The normalized spacial score (nSPS) is 10.5. The van der Waals surface area contributed by atoms with E-state index in [0.717, 1.165) is 5.65 Å². The van der Waals surface area contributed by atoms with Crippen LogP contribution in [0.2, 0.25) is 0 Å². The highest BCUT2D eigenvalue weighted by Gasteiger charge is 2.05. The number of rotatable bonds is 2. The summed E-state index contributed by atoms with van der Waals surface area (Å²) >= 11 is 0. The molecule has 0 saturated carbocycles. The molecule has 2 aromatic rings. The van der Waals surface area contributed by atoms with E-state index < -0.39 is 0 Å². The molecular weight excluding hydrogens is 170 g/mol. The van der Waals surface area contributed by atoms with Gasteiger partial charge in [0, 0.05) is 17.3 Å². The number of nitrogens with zero attached hydrogens (tertiary/aromatic N) is 3. The van der Waals surface area contributed by atoms with E-state index >= 15 is 0 Å². The van der Waals surface area contributed by atoms with Crippen molar-refractivity contribution < 1.29 is 4.92 Å². The van der Waals surface area contributed by atoms with Crippen molar-refractivity contribution >= 4 is 5.65 Å². The van der Waals surface area contributed by atoms with Crippen molar-refractivity contribution in [1.82, 2.24) is 9.38 Å². The highest BCUT2D eigenvalue weighted by atomic mass is 16.6. The molecule has 0 radical (unpaired) electrons. The average molecular weight is 177 g/mol. The van der Waals surface area contributed by atoms with Gasteiger partial charge in [-0.3, -0.25) is 10.1 Å². The van der Waals surface area contributed by atoms with Gasteiger partial charge in [-0.25, -0.2) is 4.98 Å². The van der Waals surface area contributed by atoms with Gasteiger partial charge in [-0.15, -0.1) is 0 Å². The van der Waals surface area contributed by atoms with Gasteiger partial charge < -0.3 is 4.40 Å². The molecule has 0 fully saturated rings. The summed E-state index contributed by atoms with van der Waals surface area (Å²) in [5.74, 6) is 0. The summed E-state index contributed by atoms with van der Waals surface area (Å²) in [7, 11) is 0. The molecule has 66 valence electrons. The second kappa shape index (κ2) is 2.85. The van der Waals surface area contributed by atoms with Gasteiger partial charge in [0.2, 0.25) is 6.54 Å². The molecule has 0 spiro atoms. The lowest BCUT2D eigenvalue weighted by molar-refractivity contribution is -0.497. The predicted molar refractivity (Wildman–Crippen MR) is 45.9 cm³/mol. The van der Waals surface area contributed by atoms with Crippen molar-refractivity contribution in [3.8, 4) is 0 Å². The first-order chi connectivity index (χ1) is 6.25. The van der Waals surface area contributed by atoms with E-state index in [9.17, 15) is 10.1 Å². The minimum atomic E-state index is -0.387. The Hall–Kier alpha value is -1.91. The fourth-order valence-electron chi connectivity index (χ4n) is 1.20. The Labute approximate surface area is 73.8 Å². The molecule has 0 atom stereocenters. The van der Waals surface area contributed by atoms with Crippen LogP contribution in [0.5, 0.6) is 0 Å². The number of fused-ring (bicyclic) bond motifs is 1. The Kier molecular flexibility index (Phi) is 1.70. The molecule has 5 nitrogen and oxygen atoms in total. The van der Waals surface area contributed by atoms with Crippen LogP contribution in [0, 0.1) is 10.1 Å². The van der Waals surface area contributed by atoms with E-state index in [1.165, 1.54) is 0 Å². The highest BCUT2D eigenvalue weighted by Crippen LogP contribution is 2.04. The molecule has 2 heterocycles. The van der Waals surface area contributed by atoms with Crippen molar-refractivity contribution in [2.75, 3.05) is 0 Å². The van der Waals surface area contributed by atoms with Crippen LogP contribution >= 0.6 is 0 Å². The Bertz CT molecular complexity index is 416. The molecule has 2 aromatic heterocycles. The first-order valence-electron chi connectivity index (χ1n) is 3.80. The topological polar surface area (TPSA) is 60.4 Å². The van der Waals surface area contributed by atoms with Crippen molar-refractivity contribution in [3.63, 3.8) is 0 Å². The average Bonchev–Trinajstić information content (AvgIpc) is 2.44. The van der Waals surface area contributed by atoms with Gasteiger partial charge >= 0.3 is 0 Å². The molecule has 0 aliphatic heterocycles. The van der Waals surface area contributed by atoms with Crippen molar-refractivity contribution in [1.29, 1.82) is 0 Å². The van der Waals surface area contributed by atoms with Gasteiger partial charge in [-0.05, 0) is 12.1 Å². The molecule has 2 rings (SSSR count). The number of aromatic nitrogens is 2. The molecule has 13 heavy (non-hydrogen) atoms. The van der Waals surface area contributed by atoms with E-state index in [1.807, 2.05) is 24.4 Å². The fourth-order valence-corrected chi connectivity index (χ4v) is 1.20. The van der Waals surface area contributed by atoms with Crippen LogP contribution in [0.1, 0.15) is 5.69 Å².